The van der Waals surface area contributed by atoms with E-state index in [1.54, 1.807) is 0 Å². The highest BCUT2D eigenvalue weighted by atomic mass is 28.2. The summed E-state index contributed by atoms with van der Waals surface area (Å²) in [5.41, 5.74) is 0. The van der Waals surface area contributed by atoms with Gasteiger partial charge >= 0.3 is 0 Å². The summed E-state index contributed by atoms with van der Waals surface area (Å²) in [7, 11) is 6.90. The van der Waals surface area contributed by atoms with Crippen molar-refractivity contribution in [2.24, 2.45) is 0 Å². The molecule has 0 N–H and O–H groups in total. The fourth-order valence-electron chi connectivity index (χ4n) is 0.204. The first-order valence-corrected chi connectivity index (χ1v) is 4.06. The van der Waals surface area contributed by atoms with Gasteiger partial charge in [0, 0.05) is 6.61 Å². The van der Waals surface area contributed by atoms with Crippen LogP contribution in [-0.4, -0.2) is 43.1 Å². The summed E-state index contributed by atoms with van der Waals surface area (Å²) in [5.74, 6) is 0. The maximum Gasteiger partial charge on any atom is 0.145 e. The Hall–Kier alpha value is 0.137. The molecule has 0 atom stereocenters. The summed E-state index contributed by atoms with van der Waals surface area (Å²) in [6, 6.07) is 0. The van der Waals surface area contributed by atoms with E-state index in [1.807, 2.05) is 26.0 Å². The molecule has 0 saturated heterocycles. The number of nitrogens with zero attached hydrogens (tertiary/aromatic N) is 1. The van der Waals surface area contributed by atoms with Crippen LogP contribution in [0.25, 0.3) is 0 Å². The Morgan fingerprint density at radius 3 is 1.67 bits per heavy atom. The van der Waals surface area contributed by atoms with Gasteiger partial charge in [0.2, 0.25) is 0 Å². The molecular weight excluding hydrogens is 130 g/mol. The topological polar surface area (TPSA) is 12.5 Å². The van der Waals surface area contributed by atoms with Crippen molar-refractivity contribution in [2.75, 3.05) is 27.7 Å². The molecule has 0 aromatic rings. The van der Waals surface area contributed by atoms with Gasteiger partial charge in [0.25, 0.3) is 0 Å². The van der Waals surface area contributed by atoms with E-state index in [0.29, 0.717) is 0 Å². The molecule has 0 fully saturated rings. The zero-order valence-electron chi connectivity index (χ0n) is 7.27. The summed E-state index contributed by atoms with van der Waals surface area (Å²) in [6.45, 7) is 3.06. The Morgan fingerprint density at radius 1 is 1.33 bits per heavy atom. The van der Waals surface area contributed by atoms with Crippen molar-refractivity contribution in [1.29, 1.82) is 0 Å². The predicted molar refractivity (Wildman–Crippen MR) is 45.8 cm³/mol. The Bertz CT molecular complexity index is 37.3. The average Bonchev–Trinajstić information content (AvgIpc) is 1.66. The van der Waals surface area contributed by atoms with Gasteiger partial charge in [0.05, 0.1) is 0 Å². The minimum atomic E-state index is 0.899. The Labute approximate surface area is 61.7 Å². The fourth-order valence-corrected chi connectivity index (χ4v) is 0.612. The lowest BCUT2D eigenvalue weighted by atomic mass is 10.5. The third-order valence-corrected chi connectivity index (χ3v) is 0.816. The molecule has 0 aliphatic heterocycles. The predicted octanol–water partition coefficient (Wildman–Crippen LogP) is -0.129. The van der Waals surface area contributed by atoms with Crippen molar-refractivity contribution in [2.45, 2.75) is 13.3 Å². The van der Waals surface area contributed by atoms with Crippen molar-refractivity contribution >= 4 is 10.5 Å². The molecule has 0 amide bonds. The van der Waals surface area contributed by atoms with Crippen LogP contribution in [0.4, 0.5) is 0 Å². The second-order valence-electron chi connectivity index (χ2n) is 2.33. The molecule has 0 aromatic carbocycles. The van der Waals surface area contributed by atoms with Gasteiger partial charge < -0.3 is 9.33 Å². The summed E-state index contributed by atoms with van der Waals surface area (Å²) < 4.78 is 4.83. The lowest BCUT2D eigenvalue weighted by Gasteiger charge is -1.90. The molecule has 0 aromatic heterocycles. The SMILES string of the molecule is CCCO[SiH3].CN(C)C. The Balaban J connectivity index is 0. The van der Waals surface area contributed by atoms with Gasteiger partial charge in [-0.3, -0.25) is 0 Å². The number of rotatable bonds is 2. The van der Waals surface area contributed by atoms with Gasteiger partial charge in [-0.15, -0.1) is 0 Å². The zero-order valence-corrected chi connectivity index (χ0v) is 9.27. The first kappa shape index (κ1) is 11.9. The first-order chi connectivity index (χ1) is 4.15. The Morgan fingerprint density at radius 2 is 1.67 bits per heavy atom. The quantitative estimate of drug-likeness (QED) is 0.507. The van der Waals surface area contributed by atoms with Crippen LogP contribution in [0.3, 0.4) is 0 Å². The van der Waals surface area contributed by atoms with Crippen molar-refractivity contribution in [1.82, 2.24) is 4.90 Å². The van der Waals surface area contributed by atoms with Crippen LogP contribution in [0.5, 0.6) is 0 Å². The van der Waals surface area contributed by atoms with Gasteiger partial charge in [-0.1, -0.05) is 6.92 Å². The highest BCUT2D eigenvalue weighted by molar-refractivity contribution is 5.97. The highest BCUT2D eigenvalue weighted by Crippen LogP contribution is 1.69. The standard InChI is InChI=1S/C3H9N.C3H10OSi/c1-4(2)3;1-2-3-4-5/h1-3H3;2-3H2,1,5H3. The van der Waals surface area contributed by atoms with E-state index in [0.717, 1.165) is 23.5 Å². The normalized spacial score (nSPS) is 9.00. The molecule has 2 nitrogen and oxygen atoms in total. The maximum atomic E-state index is 4.83. The van der Waals surface area contributed by atoms with Crippen molar-refractivity contribution in [3.63, 3.8) is 0 Å². The molecule has 0 unspecified atom stereocenters. The molecule has 0 radical (unpaired) electrons. The second-order valence-corrected chi connectivity index (χ2v) is 2.91. The van der Waals surface area contributed by atoms with Gasteiger partial charge in [-0.05, 0) is 27.6 Å². The largest absolute Gasteiger partial charge is 0.428 e. The number of hydrogen-bond acceptors (Lipinski definition) is 2. The zero-order chi connectivity index (χ0) is 7.70. The van der Waals surface area contributed by atoms with E-state index in [2.05, 4.69) is 6.92 Å². The smallest absolute Gasteiger partial charge is 0.145 e. The molecule has 0 bridgehead atoms. The average molecular weight is 149 g/mol. The molecule has 0 saturated carbocycles. The van der Waals surface area contributed by atoms with Crippen molar-refractivity contribution in [3.8, 4) is 0 Å². The third kappa shape index (κ3) is 67.1. The van der Waals surface area contributed by atoms with Crippen LogP contribution in [-0.2, 0) is 4.43 Å². The summed E-state index contributed by atoms with van der Waals surface area (Å²) in [6.07, 6.45) is 1.16. The van der Waals surface area contributed by atoms with Crippen LogP contribution >= 0.6 is 0 Å². The minimum absolute atomic E-state index is 0.899. The number of hydrogen-bond donors (Lipinski definition) is 0. The van der Waals surface area contributed by atoms with Crippen LogP contribution < -0.4 is 0 Å². The van der Waals surface area contributed by atoms with E-state index in [9.17, 15) is 0 Å². The molecule has 0 heterocycles. The second kappa shape index (κ2) is 11.0. The minimum Gasteiger partial charge on any atom is -0.428 e. The van der Waals surface area contributed by atoms with E-state index >= 15 is 0 Å². The molecule has 3 heteroatoms. The van der Waals surface area contributed by atoms with Gasteiger partial charge in [0.1, 0.15) is 10.5 Å². The summed E-state index contributed by atoms with van der Waals surface area (Å²) in [5, 5.41) is 0. The molecule has 9 heavy (non-hydrogen) atoms. The summed E-state index contributed by atoms with van der Waals surface area (Å²) >= 11 is 0. The Kier molecular flexibility index (Phi) is 14.5. The molecule has 0 aliphatic carbocycles. The van der Waals surface area contributed by atoms with E-state index in [-0.39, 0.29) is 0 Å². The van der Waals surface area contributed by atoms with Gasteiger partial charge in [-0.25, -0.2) is 0 Å². The molecule has 0 spiro atoms. The van der Waals surface area contributed by atoms with Crippen LogP contribution in [0.2, 0.25) is 0 Å². The third-order valence-electron chi connectivity index (χ3n) is 0.408. The van der Waals surface area contributed by atoms with Crippen molar-refractivity contribution in [3.05, 3.63) is 0 Å². The molecule has 0 rings (SSSR count). The van der Waals surface area contributed by atoms with E-state index < -0.39 is 0 Å². The van der Waals surface area contributed by atoms with Crippen LogP contribution in [0.15, 0.2) is 0 Å². The van der Waals surface area contributed by atoms with Crippen molar-refractivity contribution < 1.29 is 4.43 Å². The molecular formula is C6H19NOSi. The summed E-state index contributed by atoms with van der Waals surface area (Å²) in [4.78, 5) is 2.00. The maximum absolute atomic E-state index is 4.83. The van der Waals surface area contributed by atoms with E-state index in [1.165, 1.54) is 0 Å². The lowest BCUT2D eigenvalue weighted by Crippen LogP contribution is -1.99. The first-order valence-electron chi connectivity index (χ1n) is 3.25. The van der Waals surface area contributed by atoms with Gasteiger partial charge in [-0.2, -0.15) is 0 Å². The fraction of sp³-hybridized carbons (Fsp3) is 1.00. The van der Waals surface area contributed by atoms with Crippen LogP contribution in [0, 0.1) is 0 Å². The van der Waals surface area contributed by atoms with E-state index in [4.69, 9.17) is 4.43 Å². The van der Waals surface area contributed by atoms with Gasteiger partial charge in [0.15, 0.2) is 0 Å². The van der Waals surface area contributed by atoms with Crippen LogP contribution in [0.1, 0.15) is 13.3 Å². The monoisotopic (exact) mass is 149 g/mol. The molecule has 0 aliphatic rings. The lowest BCUT2D eigenvalue weighted by molar-refractivity contribution is 0.349. The highest BCUT2D eigenvalue weighted by Gasteiger charge is 1.65. The molecule has 58 valence electrons.